The minimum atomic E-state index is -0.770. The fourth-order valence-corrected chi connectivity index (χ4v) is 2.24. The lowest BCUT2D eigenvalue weighted by molar-refractivity contribution is 0.0649. The monoisotopic (exact) mass is 269 g/mol. The van der Waals surface area contributed by atoms with Crippen molar-refractivity contribution >= 4 is 27.6 Å². The molecule has 2 N–H and O–H groups in total. The topological polar surface area (TPSA) is 45.4 Å². The lowest BCUT2D eigenvalue weighted by Crippen LogP contribution is -2.39. The second-order valence-corrected chi connectivity index (χ2v) is 5.83. The van der Waals surface area contributed by atoms with E-state index in [0.29, 0.717) is 0 Å². The van der Waals surface area contributed by atoms with Gasteiger partial charge in [0, 0.05) is 16.5 Å². The first-order chi connectivity index (χ1) is 9.45. The van der Waals surface area contributed by atoms with E-state index in [4.69, 9.17) is 4.42 Å². The minimum absolute atomic E-state index is 0.0434. The van der Waals surface area contributed by atoms with Crippen molar-refractivity contribution in [1.29, 1.82) is 0 Å². The van der Waals surface area contributed by atoms with Crippen molar-refractivity contribution in [3.63, 3.8) is 0 Å². The normalized spacial score (nSPS) is 13.8. The van der Waals surface area contributed by atoms with Gasteiger partial charge in [-0.25, -0.2) is 0 Å². The Hall–Kier alpha value is -2.00. The van der Waals surface area contributed by atoms with Gasteiger partial charge >= 0.3 is 0 Å². The van der Waals surface area contributed by atoms with E-state index in [-0.39, 0.29) is 6.04 Å². The molecule has 3 aromatic rings. The van der Waals surface area contributed by atoms with Crippen molar-refractivity contribution in [1.82, 2.24) is 0 Å². The third-order valence-corrected chi connectivity index (χ3v) is 3.82. The first-order valence-electron chi connectivity index (χ1n) is 6.85. The maximum Gasteiger partial charge on any atom is 0.135 e. The van der Waals surface area contributed by atoms with Gasteiger partial charge in [0.2, 0.25) is 0 Å². The Kier molecular flexibility index (Phi) is 2.94. The van der Waals surface area contributed by atoms with Gasteiger partial charge in [-0.2, -0.15) is 0 Å². The van der Waals surface area contributed by atoms with E-state index in [2.05, 4.69) is 17.4 Å². The number of aliphatic hydroxyl groups is 1. The van der Waals surface area contributed by atoms with Gasteiger partial charge in [0.25, 0.3) is 0 Å². The van der Waals surface area contributed by atoms with Crippen molar-refractivity contribution in [3.8, 4) is 0 Å². The fourth-order valence-electron chi connectivity index (χ4n) is 2.24. The molecule has 0 saturated carbocycles. The molecule has 3 rings (SSSR count). The molecule has 20 heavy (non-hydrogen) atoms. The van der Waals surface area contributed by atoms with Crippen LogP contribution in [0.25, 0.3) is 21.9 Å². The lowest BCUT2D eigenvalue weighted by Gasteiger charge is -2.27. The number of benzene rings is 2. The summed E-state index contributed by atoms with van der Waals surface area (Å²) in [6.45, 7) is 5.57. The van der Waals surface area contributed by atoms with Crippen LogP contribution < -0.4 is 5.32 Å². The number of rotatable bonds is 3. The SMILES string of the molecule is CC(Nc1ccc2oc3ccccc3c2c1)C(C)(C)O. The van der Waals surface area contributed by atoms with Crippen LogP contribution in [-0.4, -0.2) is 16.7 Å². The predicted molar refractivity (Wildman–Crippen MR) is 83.1 cm³/mol. The van der Waals surface area contributed by atoms with Gasteiger partial charge in [-0.1, -0.05) is 18.2 Å². The molecule has 2 aromatic carbocycles. The van der Waals surface area contributed by atoms with Gasteiger partial charge in [0.05, 0.1) is 11.6 Å². The third-order valence-electron chi connectivity index (χ3n) is 3.82. The van der Waals surface area contributed by atoms with Crippen molar-refractivity contribution in [2.75, 3.05) is 5.32 Å². The standard InChI is InChI=1S/C17H19NO2/c1-11(17(2,3)19)18-12-8-9-16-14(10-12)13-6-4-5-7-15(13)20-16/h4-11,18-19H,1-3H3. The molecule has 0 bridgehead atoms. The molecule has 0 aliphatic heterocycles. The van der Waals surface area contributed by atoms with Crippen LogP contribution in [0.3, 0.4) is 0 Å². The summed E-state index contributed by atoms with van der Waals surface area (Å²) in [5.74, 6) is 0. The number of nitrogens with one attached hydrogen (secondary N) is 1. The molecule has 0 spiro atoms. The molecule has 1 atom stereocenters. The van der Waals surface area contributed by atoms with Gasteiger partial charge in [-0.15, -0.1) is 0 Å². The molecular weight excluding hydrogens is 250 g/mol. The minimum Gasteiger partial charge on any atom is -0.456 e. The zero-order valence-corrected chi connectivity index (χ0v) is 12.0. The second-order valence-electron chi connectivity index (χ2n) is 5.83. The Morgan fingerprint density at radius 3 is 2.50 bits per heavy atom. The molecule has 104 valence electrons. The van der Waals surface area contributed by atoms with E-state index >= 15 is 0 Å². The first kappa shape index (κ1) is 13.0. The van der Waals surface area contributed by atoms with E-state index < -0.39 is 5.60 Å². The average molecular weight is 269 g/mol. The van der Waals surface area contributed by atoms with Gasteiger partial charge in [0.15, 0.2) is 0 Å². The van der Waals surface area contributed by atoms with Crippen molar-refractivity contribution in [2.24, 2.45) is 0 Å². The number of hydrogen-bond acceptors (Lipinski definition) is 3. The van der Waals surface area contributed by atoms with E-state index in [0.717, 1.165) is 27.6 Å². The summed E-state index contributed by atoms with van der Waals surface area (Å²) in [6.07, 6.45) is 0. The Labute approximate surface area is 118 Å². The van der Waals surface area contributed by atoms with E-state index in [9.17, 15) is 5.11 Å². The quantitative estimate of drug-likeness (QED) is 0.750. The molecule has 1 unspecified atom stereocenters. The van der Waals surface area contributed by atoms with Crippen LogP contribution in [0.2, 0.25) is 0 Å². The van der Waals surface area contributed by atoms with Crippen LogP contribution in [0.15, 0.2) is 46.9 Å². The van der Waals surface area contributed by atoms with Crippen molar-refractivity contribution in [3.05, 3.63) is 42.5 Å². The Morgan fingerprint density at radius 2 is 1.75 bits per heavy atom. The molecule has 0 aliphatic carbocycles. The number of hydrogen-bond donors (Lipinski definition) is 2. The highest BCUT2D eigenvalue weighted by atomic mass is 16.3. The van der Waals surface area contributed by atoms with Crippen molar-refractivity contribution < 1.29 is 9.52 Å². The largest absolute Gasteiger partial charge is 0.456 e. The molecule has 0 amide bonds. The summed E-state index contributed by atoms with van der Waals surface area (Å²) in [5.41, 5.74) is 1.99. The van der Waals surface area contributed by atoms with Crippen LogP contribution in [-0.2, 0) is 0 Å². The fraction of sp³-hybridized carbons (Fsp3) is 0.294. The summed E-state index contributed by atoms with van der Waals surface area (Å²) >= 11 is 0. The average Bonchev–Trinajstić information content (AvgIpc) is 2.76. The Morgan fingerprint density at radius 1 is 1.05 bits per heavy atom. The van der Waals surface area contributed by atoms with E-state index in [1.165, 1.54) is 0 Å². The van der Waals surface area contributed by atoms with Gasteiger partial charge < -0.3 is 14.8 Å². The van der Waals surface area contributed by atoms with Crippen LogP contribution in [0, 0.1) is 0 Å². The van der Waals surface area contributed by atoms with Gasteiger partial charge in [-0.3, -0.25) is 0 Å². The Balaban J connectivity index is 2.04. The van der Waals surface area contributed by atoms with Crippen LogP contribution in [0.5, 0.6) is 0 Å². The van der Waals surface area contributed by atoms with E-state index in [1.807, 2.05) is 37.3 Å². The zero-order chi connectivity index (χ0) is 14.3. The molecule has 0 radical (unpaired) electrons. The third kappa shape index (κ3) is 2.25. The number of anilines is 1. The van der Waals surface area contributed by atoms with Gasteiger partial charge in [-0.05, 0) is 45.0 Å². The number of fused-ring (bicyclic) bond motifs is 3. The predicted octanol–water partition coefficient (Wildman–Crippen LogP) is 4.16. The summed E-state index contributed by atoms with van der Waals surface area (Å²) in [5, 5.41) is 15.6. The molecule has 3 nitrogen and oxygen atoms in total. The smallest absolute Gasteiger partial charge is 0.135 e. The van der Waals surface area contributed by atoms with Crippen LogP contribution in [0.1, 0.15) is 20.8 Å². The molecule has 0 saturated heterocycles. The molecule has 1 heterocycles. The summed E-state index contributed by atoms with van der Waals surface area (Å²) in [7, 11) is 0. The maximum atomic E-state index is 10.0. The molecule has 0 aliphatic rings. The van der Waals surface area contributed by atoms with Gasteiger partial charge in [0.1, 0.15) is 11.2 Å². The maximum absolute atomic E-state index is 10.0. The summed E-state index contributed by atoms with van der Waals surface area (Å²) in [4.78, 5) is 0. The lowest BCUT2D eigenvalue weighted by atomic mass is 10.0. The number of para-hydroxylation sites is 1. The summed E-state index contributed by atoms with van der Waals surface area (Å²) < 4.78 is 5.80. The highest BCUT2D eigenvalue weighted by Crippen LogP contribution is 2.31. The highest BCUT2D eigenvalue weighted by Gasteiger charge is 2.22. The number of furan rings is 1. The molecular formula is C17H19NO2. The second kappa shape index (κ2) is 4.53. The first-order valence-corrected chi connectivity index (χ1v) is 6.85. The van der Waals surface area contributed by atoms with Crippen LogP contribution >= 0.6 is 0 Å². The van der Waals surface area contributed by atoms with Crippen molar-refractivity contribution in [2.45, 2.75) is 32.4 Å². The summed E-state index contributed by atoms with van der Waals surface area (Å²) in [6, 6.07) is 14.0. The molecule has 3 heteroatoms. The zero-order valence-electron chi connectivity index (χ0n) is 12.0. The van der Waals surface area contributed by atoms with Crippen LogP contribution in [0.4, 0.5) is 5.69 Å². The van der Waals surface area contributed by atoms with E-state index in [1.54, 1.807) is 13.8 Å². The molecule has 0 fully saturated rings. The Bertz CT molecular complexity index is 752. The molecule has 1 aromatic heterocycles. The highest BCUT2D eigenvalue weighted by molar-refractivity contribution is 6.05.